The van der Waals surface area contributed by atoms with Crippen LogP contribution in [0.4, 0.5) is 26.9 Å². The number of pyridine rings is 2. The summed E-state index contributed by atoms with van der Waals surface area (Å²) in [7, 11) is 0. The Labute approximate surface area is 315 Å². The molecule has 0 radical (unpaired) electrons. The van der Waals surface area contributed by atoms with Gasteiger partial charge in [-0.05, 0) is 120 Å². The first-order chi connectivity index (χ1) is 24.7. The van der Waals surface area contributed by atoms with E-state index in [0.717, 1.165) is 17.4 Å². The second kappa shape index (κ2) is 16.9. The zero-order valence-electron chi connectivity index (χ0n) is 30.7. The van der Waals surface area contributed by atoms with Crippen molar-refractivity contribution in [2.45, 2.75) is 78.4 Å². The number of nitro groups is 2. The molecule has 53 heavy (non-hydrogen) atoms. The summed E-state index contributed by atoms with van der Waals surface area (Å²) in [6.07, 6.45) is 4.73. The monoisotopic (exact) mass is 803 g/mol. The summed E-state index contributed by atoms with van der Waals surface area (Å²) in [5, 5.41) is 20.8. The maximum absolute atomic E-state index is 12.5. The molecule has 4 fully saturated rings. The molecule has 1 aliphatic carbocycles. The van der Waals surface area contributed by atoms with Gasteiger partial charge in [0, 0.05) is 64.1 Å². The first-order valence-electron chi connectivity index (χ1n) is 17.3. The first kappa shape index (κ1) is 41.0. The van der Waals surface area contributed by atoms with Gasteiger partial charge in [-0.3, -0.25) is 9.59 Å². The SMILES string of the molecule is CC(C)(C)OC(=O)N1CC2CC(=O)N(c3ccc([N+](=O)[O-])nc3)CC2C1.CC(C)(C)OC(=O)N1CC2CCC(=O)CC2C1.O=[N+]([O-])c1ccc(Br)cn1. The molecule has 0 bridgehead atoms. The highest BCUT2D eigenvalue weighted by atomic mass is 79.9. The molecule has 4 atom stereocenters. The smallest absolute Gasteiger partial charge is 0.410 e. The number of fused-ring (bicyclic) bond motifs is 2. The van der Waals surface area contributed by atoms with E-state index in [0.29, 0.717) is 68.7 Å². The average Bonchev–Trinajstić information content (AvgIpc) is 3.68. The minimum Gasteiger partial charge on any atom is -0.444 e. The zero-order valence-corrected chi connectivity index (χ0v) is 32.3. The summed E-state index contributed by atoms with van der Waals surface area (Å²) < 4.78 is 11.5. The normalized spacial score (nSPS) is 22.4. The third kappa shape index (κ3) is 11.9. The number of nitrogens with zero attached hydrogens (tertiary/aromatic N) is 7. The maximum Gasteiger partial charge on any atom is 0.410 e. The number of anilines is 1. The predicted molar refractivity (Wildman–Crippen MR) is 195 cm³/mol. The van der Waals surface area contributed by atoms with Crippen molar-refractivity contribution >= 4 is 57.1 Å². The minimum absolute atomic E-state index is 0.0621. The number of carbonyl (C=O) groups excluding carboxylic acids is 4. The lowest BCUT2D eigenvalue weighted by atomic mass is 9.81. The van der Waals surface area contributed by atoms with Crippen LogP contribution in [-0.2, 0) is 19.1 Å². The number of piperidine rings is 1. The summed E-state index contributed by atoms with van der Waals surface area (Å²) in [4.78, 5) is 80.0. The number of likely N-dealkylation sites (tertiary alicyclic amines) is 2. The average molecular weight is 805 g/mol. The first-order valence-corrected chi connectivity index (χ1v) is 18.1. The fourth-order valence-electron chi connectivity index (χ4n) is 6.61. The number of rotatable bonds is 3. The van der Waals surface area contributed by atoms with Crippen molar-refractivity contribution in [2.75, 3.05) is 37.6 Å². The van der Waals surface area contributed by atoms with Gasteiger partial charge in [0.15, 0.2) is 12.4 Å². The Hall–Kier alpha value is -4.74. The highest BCUT2D eigenvalue weighted by Crippen LogP contribution is 2.36. The van der Waals surface area contributed by atoms with Crippen molar-refractivity contribution in [1.82, 2.24) is 19.8 Å². The molecule has 18 heteroatoms. The van der Waals surface area contributed by atoms with E-state index in [1.165, 1.54) is 30.6 Å². The molecule has 3 aliphatic heterocycles. The van der Waals surface area contributed by atoms with Gasteiger partial charge in [-0.25, -0.2) is 9.59 Å². The third-order valence-electron chi connectivity index (χ3n) is 9.02. The Morgan fingerprint density at radius 2 is 1.23 bits per heavy atom. The number of aromatic nitrogens is 2. The van der Waals surface area contributed by atoms with Crippen molar-refractivity contribution in [1.29, 1.82) is 0 Å². The van der Waals surface area contributed by atoms with E-state index in [1.54, 1.807) is 20.8 Å². The summed E-state index contributed by atoms with van der Waals surface area (Å²) >= 11 is 3.11. The van der Waals surface area contributed by atoms with Gasteiger partial charge in [0.1, 0.15) is 17.0 Å². The predicted octanol–water partition coefficient (Wildman–Crippen LogP) is 6.18. The Balaban J connectivity index is 0.000000198. The van der Waals surface area contributed by atoms with E-state index in [4.69, 9.17) is 9.47 Å². The van der Waals surface area contributed by atoms with Gasteiger partial charge in [-0.15, -0.1) is 0 Å². The molecule has 4 aliphatic rings. The topological polar surface area (TPSA) is 209 Å². The van der Waals surface area contributed by atoms with E-state index in [-0.39, 0.29) is 41.6 Å². The van der Waals surface area contributed by atoms with Crippen LogP contribution in [0.3, 0.4) is 0 Å². The standard InChI is InChI=1S/C17H22N4O5.C13H21NO3.C5H3BrN2O2/c1-17(2,3)26-16(23)19-8-11-6-15(22)20(10-12(11)9-19)13-4-5-14(18-7-13)21(24)25;1-13(2,3)17-12(16)14-7-9-4-5-11(15)6-10(9)8-14;6-4-1-2-5(7-3-4)8(9)10/h4-5,7,11-12H,6,8-10H2,1-3H3;9-10H,4-8H2,1-3H3;1-3H. The highest BCUT2D eigenvalue weighted by molar-refractivity contribution is 9.10. The van der Waals surface area contributed by atoms with Gasteiger partial charge in [0.25, 0.3) is 0 Å². The molecule has 6 rings (SSSR count). The summed E-state index contributed by atoms with van der Waals surface area (Å²) in [5.41, 5.74) is -0.465. The van der Waals surface area contributed by atoms with Crippen molar-refractivity contribution < 1.29 is 38.5 Å². The van der Waals surface area contributed by atoms with Gasteiger partial charge in [0.05, 0.1) is 10.2 Å². The maximum atomic E-state index is 12.5. The second-order valence-corrected chi connectivity index (χ2v) is 16.4. The number of hydrogen-bond acceptors (Lipinski definition) is 12. The Bertz CT molecular complexity index is 1680. The molecule has 288 valence electrons. The van der Waals surface area contributed by atoms with E-state index in [9.17, 15) is 39.4 Å². The molecule has 3 amide bonds. The van der Waals surface area contributed by atoms with Crippen molar-refractivity contribution in [3.63, 3.8) is 0 Å². The van der Waals surface area contributed by atoms with Crippen molar-refractivity contribution in [3.8, 4) is 0 Å². The van der Waals surface area contributed by atoms with Gasteiger partial charge in [-0.1, -0.05) is 0 Å². The van der Waals surface area contributed by atoms with Gasteiger partial charge >= 0.3 is 23.8 Å². The summed E-state index contributed by atoms with van der Waals surface area (Å²) in [6.45, 7) is 14.0. The van der Waals surface area contributed by atoms with Gasteiger partial charge in [-0.2, -0.15) is 0 Å². The molecule has 5 heterocycles. The lowest BCUT2D eigenvalue weighted by Crippen LogP contribution is -2.44. The molecular formula is C35H46BrN7O10. The minimum atomic E-state index is -0.576. The fourth-order valence-corrected chi connectivity index (χ4v) is 6.84. The lowest BCUT2D eigenvalue weighted by molar-refractivity contribution is -0.389. The highest BCUT2D eigenvalue weighted by Gasteiger charge is 2.44. The second-order valence-electron chi connectivity index (χ2n) is 15.5. The van der Waals surface area contributed by atoms with E-state index in [2.05, 4.69) is 25.9 Å². The van der Waals surface area contributed by atoms with E-state index < -0.39 is 21.0 Å². The molecule has 2 aromatic heterocycles. The number of ketones is 1. The fraction of sp³-hybridized carbons (Fsp3) is 0.600. The van der Waals surface area contributed by atoms with Crippen LogP contribution in [0.5, 0.6) is 0 Å². The largest absolute Gasteiger partial charge is 0.444 e. The third-order valence-corrected chi connectivity index (χ3v) is 9.49. The quantitative estimate of drug-likeness (QED) is 0.252. The van der Waals surface area contributed by atoms with Crippen LogP contribution >= 0.6 is 15.9 Å². The number of Topliss-reactive ketones (excluding diaryl/α,β-unsaturated/α-hetero) is 1. The van der Waals surface area contributed by atoms with Crippen LogP contribution < -0.4 is 4.90 Å². The molecule has 0 N–H and O–H groups in total. The molecule has 1 saturated carbocycles. The van der Waals surface area contributed by atoms with Crippen LogP contribution in [-0.4, -0.2) is 97.4 Å². The van der Waals surface area contributed by atoms with Gasteiger partial charge in [0.2, 0.25) is 5.91 Å². The number of halogens is 1. The molecule has 2 aromatic rings. The molecular weight excluding hydrogens is 758 g/mol. The van der Waals surface area contributed by atoms with E-state index >= 15 is 0 Å². The van der Waals surface area contributed by atoms with E-state index in [1.807, 2.05) is 41.5 Å². The van der Waals surface area contributed by atoms with Gasteiger partial charge < -0.3 is 44.4 Å². The van der Waals surface area contributed by atoms with Crippen molar-refractivity contribution in [3.05, 3.63) is 61.4 Å². The summed E-state index contributed by atoms with van der Waals surface area (Å²) in [5.74, 6) is 1.01. The van der Waals surface area contributed by atoms with Crippen LogP contribution in [0.1, 0.15) is 67.2 Å². The number of amides is 3. The Morgan fingerprint density at radius 1 is 0.736 bits per heavy atom. The lowest BCUT2D eigenvalue weighted by Gasteiger charge is -2.33. The Morgan fingerprint density at radius 3 is 1.70 bits per heavy atom. The number of hydrogen-bond donors (Lipinski definition) is 0. The number of ether oxygens (including phenoxy) is 2. The van der Waals surface area contributed by atoms with Crippen LogP contribution in [0.25, 0.3) is 0 Å². The molecule has 3 saturated heterocycles. The molecule has 17 nitrogen and oxygen atoms in total. The van der Waals surface area contributed by atoms with Crippen LogP contribution in [0.15, 0.2) is 41.1 Å². The molecule has 0 spiro atoms. The molecule has 0 aromatic carbocycles. The van der Waals surface area contributed by atoms with Crippen LogP contribution in [0.2, 0.25) is 0 Å². The van der Waals surface area contributed by atoms with Crippen LogP contribution in [0, 0.1) is 43.9 Å². The summed E-state index contributed by atoms with van der Waals surface area (Å²) in [6, 6.07) is 5.73. The zero-order chi connectivity index (χ0) is 39.2. The van der Waals surface area contributed by atoms with Crippen molar-refractivity contribution in [2.24, 2.45) is 23.7 Å². The number of carbonyl (C=O) groups is 4. The Kier molecular flexibility index (Phi) is 13.1. The molecule has 4 unspecified atom stereocenters.